The van der Waals surface area contributed by atoms with E-state index in [-0.39, 0.29) is 73.0 Å². The number of piperazine rings is 1. The average Bonchev–Trinajstić information content (AvgIpc) is 3.85. The minimum absolute atomic E-state index is 0.00643. The summed E-state index contributed by atoms with van der Waals surface area (Å²) < 4.78 is 80.6. The number of esters is 1. The number of halogens is 4. The van der Waals surface area contributed by atoms with Gasteiger partial charge in [-0.25, -0.2) is 14.8 Å². The fourth-order valence-electron chi connectivity index (χ4n) is 9.36. The lowest BCUT2D eigenvalue weighted by molar-refractivity contribution is -0.155. The number of alkyl halides is 3. The number of hydrogen-bond donors (Lipinski definition) is 3. The number of rotatable bonds is 11. The molecule has 1 unspecified atom stereocenters. The molecule has 4 atom stereocenters. The standard InChI is InChI=1S/C48H63F4N9O6S/c1-27(2)35(23-66-30-21-53-22-30)44(62)56-38-18-41-55-39(24-68-41)32-16-31-34(19-47(4,5)26-67-46(64)37-9-8-10-61(57-37)45(38)63)43(60(25-48(50,51)52)40(31)17-36(32)49)33-15-29(20-54-42(33)28(3)65-7)59-13-11-58(6)12-14-59/h15-17,20,24,27-28,30,35,37-38,53,57H,8-14,18-19,21-23,25-26H2,1-7H3,(H,56,62)/t28-,35?,37-,38-/m0/s1. The summed E-state index contributed by atoms with van der Waals surface area (Å²) >= 11 is 1.17. The number of fused-ring (bicyclic) bond motifs is 6. The van der Waals surface area contributed by atoms with Crippen molar-refractivity contribution < 1.29 is 46.2 Å². The molecule has 0 radical (unpaired) electrons. The van der Waals surface area contributed by atoms with Gasteiger partial charge in [0.15, 0.2) is 0 Å². The molecule has 1 aromatic carbocycles. The Kier molecular flexibility index (Phi) is 14.8. The summed E-state index contributed by atoms with van der Waals surface area (Å²) in [6.45, 7) is 12.5. The molecule has 4 aliphatic rings. The van der Waals surface area contributed by atoms with Crippen LogP contribution in [0.4, 0.5) is 23.2 Å². The predicted octanol–water partition coefficient (Wildman–Crippen LogP) is 5.90. The van der Waals surface area contributed by atoms with Crippen molar-refractivity contribution >= 4 is 45.7 Å². The molecule has 20 heteroatoms. The first kappa shape index (κ1) is 49.7. The van der Waals surface area contributed by atoms with Crippen molar-refractivity contribution in [2.24, 2.45) is 17.3 Å². The Hall–Kier alpha value is -4.73. The number of cyclic esters (lactones) is 1. The maximum atomic E-state index is 16.8. The molecule has 68 heavy (non-hydrogen) atoms. The van der Waals surface area contributed by atoms with Gasteiger partial charge in [-0.15, -0.1) is 11.3 Å². The van der Waals surface area contributed by atoms with E-state index in [2.05, 4.69) is 25.9 Å². The Balaban J connectivity index is 1.27. The number of nitrogens with one attached hydrogen (secondary N) is 3. The SMILES string of the molecule is CO[C@@H](C)c1ncc(N2CCN(C)CC2)cc1-c1c2c3cc(c(F)cc3n1CC(F)(F)F)-c1csc(n1)C[C@H](NC(=O)C(COC1CNC1)C(C)C)C(=O)N1CCC[C@H](N1)C(=O)OCC(C)(C)C2. The molecule has 370 valence electrons. The number of ether oxygens (including phenoxy) is 3. The highest BCUT2D eigenvalue weighted by Crippen LogP contribution is 2.45. The first-order chi connectivity index (χ1) is 32.3. The van der Waals surface area contributed by atoms with Gasteiger partial charge in [0.25, 0.3) is 5.91 Å². The van der Waals surface area contributed by atoms with Crippen LogP contribution < -0.4 is 21.0 Å². The van der Waals surface area contributed by atoms with Crippen molar-refractivity contribution in [2.45, 2.75) is 97.3 Å². The number of carbonyl (C=O) groups is 3. The van der Waals surface area contributed by atoms with Crippen LogP contribution in [0.3, 0.4) is 0 Å². The zero-order chi connectivity index (χ0) is 48.7. The zero-order valence-electron chi connectivity index (χ0n) is 39.8. The molecular weight excluding hydrogens is 907 g/mol. The van der Waals surface area contributed by atoms with Crippen LogP contribution >= 0.6 is 11.3 Å². The molecule has 4 aliphatic heterocycles. The summed E-state index contributed by atoms with van der Waals surface area (Å²) in [5.41, 5.74) is 4.70. The van der Waals surface area contributed by atoms with Crippen molar-refractivity contribution in [2.75, 3.05) is 78.1 Å². The number of likely N-dealkylation sites (N-methyl/N-ethyl adjacent to an activating group) is 1. The maximum Gasteiger partial charge on any atom is 0.406 e. The van der Waals surface area contributed by atoms with Gasteiger partial charge >= 0.3 is 12.1 Å². The molecule has 2 amide bonds. The van der Waals surface area contributed by atoms with Gasteiger partial charge < -0.3 is 39.2 Å². The van der Waals surface area contributed by atoms with Gasteiger partial charge in [-0.1, -0.05) is 27.7 Å². The molecule has 0 aliphatic carbocycles. The van der Waals surface area contributed by atoms with E-state index in [1.165, 1.54) is 23.5 Å². The average molecular weight is 970 g/mol. The number of nitrogens with zero attached hydrogens (tertiary/aromatic N) is 6. The minimum Gasteiger partial charge on any atom is -0.464 e. The molecule has 0 saturated carbocycles. The lowest BCUT2D eigenvalue weighted by Gasteiger charge is -2.36. The lowest BCUT2D eigenvalue weighted by Crippen LogP contribution is -2.61. The van der Waals surface area contributed by atoms with Crippen molar-refractivity contribution in [3.8, 4) is 22.5 Å². The molecular formula is C48H63F4N9O6S. The molecule has 3 saturated heterocycles. The van der Waals surface area contributed by atoms with Gasteiger partial charge in [0, 0.05) is 86.7 Å². The fourth-order valence-corrected chi connectivity index (χ4v) is 10.2. The first-order valence-electron chi connectivity index (χ1n) is 23.5. The van der Waals surface area contributed by atoms with E-state index in [0.29, 0.717) is 66.2 Å². The number of hydrogen-bond acceptors (Lipinski definition) is 13. The summed E-state index contributed by atoms with van der Waals surface area (Å²) in [6, 6.07) is 2.51. The van der Waals surface area contributed by atoms with E-state index in [1.54, 1.807) is 24.6 Å². The predicted molar refractivity (Wildman–Crippen MR) is 250 cm³/mol. The summed E-state index contributed by atoms with van der Waals surface area (Å²) in [6.07, 6.45) is -2.75. The van der Waals surface area contributed by atoms with Crippen LogP contribution in [0.1, 0.15) is 69.8 Å². The summed E-state index contributed by atoms with van der Waals surface area (Å²) in [5.74, 6) is -2.96. The van der Waals surface area contributed by atoms with Crippen molar-refractivity contribution in [1.29, 1.82) is 0 Å². The van der Waals surface area contributed by atoms with Crippen molar-refractivity contribution in [3.63, 3.8) is 0 Å². The van der Waals surface area contributed by atoms with E-state index >= 15 is 4.39 Å². The van der Waals surface area contributed by atoms with Gasteiger partial charge in [-0.3, -0.25) is 24.4 Å². The molecule has 3 fully saturated rings. The highest BCUT2D eigenvalue weighted by atomic mass is 32.1. The largest absolute Gasteiger partial charge is 0.464 e. The molecule has 7 heterocycles. The molecule has 6 bridgehead atoms. The van der Waals surface area contributed by atoms with Crippen molar-refractivity contribution in [1.82, 2.24) is 40.5 Å². The van der Waals surface area contributed by atoms with E-state index in [4.69, 9.17) is 24.2 Å². The van der Waals surface area contributed by atoms with Gasteiger partial charge in [-0.2, -0.15) is 13.2 Å². The molecule has 0 spiro atoms. The number of benzene rings is 1. The number of amides is 2. The Labute approximate surface area is 398 Å². The summed E-state index contributed by atoms with van der Waals surface area (Å²) in [4.78, 5) is 56.4. The van der Waals surface area contributed by atoms with Crippen LogP contribution in [0, 0.1) is 23.1 Å². The topological polar surface area (TPSA) is 155 Å². The summed E-state index contributed by atoms with van der Waals surface area (Å²) in [7, 11) is 3.54. The smallest absolute Gasteiger partial charge is 0.406 e. The quantitative estimate of drug-likeness (QED) is 0.121. The number of thiazole rings is 1. The highest BCUT2D eigenvalue weighted by molar-refractivity contribution is 7.10. The molecule has 8 rings (SSSR count). The minimum atomic E-state index is -4.72. The van der Waals surface area contributed by atoms with Crippen LogP contribution in [0.15, 0.2) is 29.8 Å². The van der Waals surface area contributed by atoms with Crippen LogP contribution in [0.25, 0.3) is 33.4 Å². The number of anilines is 1. The van der Waals surface area contributed by atoms with E-state index in [9.17, 15) is 27.6 Å². The van der Waals surface area contributed by atoms with Gasteiger partial charge in [0.05, 0.1) is 70.8 Å². The Bertz CT molecular complexity index is 2480. The third-order valence-corrected chi connectivity index (χ3v) is 14.4. The number of hydrazine groups is 1. The molecule has 4 aromatic rings. The van der Waals surface area contributed by atoms with E-state index < -0.39 is 59.9 Å². The first-order valence-corrected chi connectivity index (χ1v) is 24.4. The monoisotopic (exact) mass is 969 g/mol. The second-order valence-corrected chi connectivity index (χ2v) is 20.7. The normalized spacial score (nSPS) is 21.9. The second-order valence-electron chi connectivity index (χ2n) is 19.8. The van der Waals surface area contributed by atoms with Crippen LogP contribution in [0.5, 0.6) is 0 Å². The number of pyridine rings is 1. The van der Waals surface area contributed by atoms with Gasteiger partial charge in [0.1, 0.15) is 24.4 Å². The van der Waals surface area contributed by atoms with Crippen LogP contribution in [0.2, 0.25) is 0 Å². The fraction of sp³-hybridized carbons (Fsp3) is 0.604. The molecule has 3 aromatic heterocycles. The van der Waals surface area contributed by atoms with E-state index in [1.807, 2.05) is 40.8 Å². The second kappa shape index (κ2) is 20.3. The summed E-state index contributed by atoms with van der Waals surface area (Å²) in [5, 5.41) is 9.89. The number of methoxy groups -OCH3 is 1. The van der Waals surface area contributed by atoms with Crippen LogP contribution in [-0.2, 0) is 48.0 Å². The third kappa shape index (κ3) is 11.0. The van der Waals surface area contributed by atoms with Gasteiger partial charge in [-0.05, 0) is 62.9 Å². The Morgan fingerprint density at radius 1 is 1.07 bits per heavy atom. The maximum absolute atomic E-state index is 16.8. The third-order valence-electron chi connectivity index (χ3n) is 13.6. The lowest BCUT2D eigenvalue weighted by atomic mass is 9.84. The number of carbonyl (C=O) groups excluding carboxylic acids is 3. The van der Waals surface area contributed by atoms with Gasteiger partial charge in [0.2, 0.25) is 5.91 Å². The van der Waals surface area contributed by atoms with Crippen LogP contribution in [-0.4, -0.2) is 140 Å². The molecule has 3 N–H and O–H groups in total. The number of aromatic nitrogens is 3. The molecule has 15 nitrogen and oxygen atoms in total. The van der Waals surface area contributed by atoms with E-state index in [0.717, 1.165) is 29.4 Å². The zero-order valence-corrected chi connectivity index (χ0v) is 40.6. The Morgan fingerprint density at radius 3 is 2.50 bits per heavy atom. The highest BCUT2D eigenvalue weighted by Gasteiger charge is 2.39. The Morgan fingerprint density at radius 2 is 1.82 bits per heavy atom. The van der Waals surface area contributed by atoms with Crippen molar-refractivity contribution in [3.05, 3.63) is 51.9 Å².